The molecule has 2 rings (SSSR count). The number of rotatable bonds is 2. The molecule has 1 aliphatic heterocycles. The maximum Gasteiger partial charge on any atom is 0.392 e. The first-order valence-corrected chi connectivity index (χ1v) is 5.19. The van der Waals surface area contributed by atoms with Gasteiger partial charge in [-0.1, -0.05) is 0 Å². The van der Waals surface area contributed by atoms with Crippen LogP contribution in [0.2, 0.25) is 0 Å². The van der Waals surface area contributed by atoms with Crippen molar-refractivity contribution in [1.82, 2.24) is 9.88 Å². The molecule has 0 bridgehead atoms. The van der Waals surface area contributed by atoms with Crippen LogP contribution in [0.15, 0.2) is 4.42 Å². The first kappa shape index (κ1) is 11.4. The summed E-state index contributed by atoms with van der Waals surface area (Å²) in [6, 6.07) is 1.86. The molecule has 0 amide bonds. The van der Waals surface area contributed by atoms with E-state index in [2.05, 4.69) is 9.88 Å². The maximum absolute atomic E-state index is 10.7. The van der Waals surface area contributed by atoms with Crippen molar-refractivity contribution in [2.75, 3.05) is 38.1 Å². The fourth-order valence-electron chi connectivity index (χ4n) is 1.70. The van der Waals surface area contributed by atoms with Crippen molar-refractivity contribution >= 4 is 11.9 Å². The Morgan fingerprint density at radius 3 is 2.65 bits per heavy atom. The number of likely N-dealkylation sites (N-methyl/N-ethyl adjacent to an activating group) is 1. The first-order chi connectivity index (χ1) is 8.11. The second-order valence-electron chi connectivity index (χ2n) is 3.88. The van der Waals surface area contributed by atoms with Crippen LogP contribution in [0.4, 0.5) is 5.88 Å². The minimum atomic E-state index is -1.26. The number of nitriles is 1. The van der Waals surface area contributed by atoms with Gasteiger partial charge >= 0.3 is 11.9 Å². The van der Waals surface area contributed by atoms with Crippen molar-refractivity contribution in [3.63, 3.8) is 0 Å². The third-order valence-electron chi connectivity index (χ3n) is 2.69. The number of carboxylic acid groups (broad SMARTS) is 1. The van der Waals surface area contributed by atoms with Crippen LogP contribution in [0, 0.1) is 11.3 Å². The summed E-state index contributed by atoms with van der Waals surface area (Å²) < 4.78 is 5.12. The molecule has 1 aromatic rings. The van der Waals surface area contributed by atoms with Crippen molar-refractivity contribution in [3.05, 3.63) is 11.6 Å². The van der Waals surface area contributed by atoms with Crippen LogP contribution in [0.3, 0.4) is 0 Å². The van der Waals surface area contributed by atoms with Crippen molar-refractivity contribution in [2.45, 2.75) is 0 Å². The summed E-state index contributed by atoms with van der Waals surface area (Å²) in [6.45, 7) is 3.07. The Bertz CT molecular complexity index is 468. The summed E-state index contributed by atoms with van der Waals surface area (Å²) in [5.74, 6) is -1.43. The van der Waals surface area contributed by atoms with E-state index in [-0.39, 0.29) is 11.6 Å². The number of aromatic carboxylic acids is 1. The van der Waals surface area contributed by atoms with E-state index < -0.39 is 11.9 Å². The summed E-state index contributed by atoms with van der Waals surface area (Å²) in [5.41, 5.74) is 0.0342. The van der Waals surface area contributed by atoms with Gasteiger partial charge < -0.3 is 19.3 Å². The van der Waals surface area contributed by atoms with E-state index in [9.17, 15) is 4.79 Å². The highest BCUT2D eigenvalue weighted by Crippen LogP contribution is 2.22. The van der Waals surface area contributed by atoms with Gasteiger partial charge in [-0.3, -0.25) is 0 Å². The maximum atomic E-state index is 10.7. The van der Waals surface area contributed by atoms with E-state index in [1.165, 1.54) is 0 Å². The van der Waals surface area contributed by atoms with Gasteiger partial charge in [-0.25, -0.2) is 4.79 Å². The summed E-state index contributed by atoms with van der Waals surface area (Å²) in [4.78, 5) is 18.4. The molecular weight excluding hydrogens is 224 g/mol. The number of aromatic nitrogens is 1. The van der Waals surface area contributed by atoms with Crippen molar-refractivity contribution < 1.29 is 14.3 Å². The van der Waals surface area contributed by atoms with Crippen LogP contribution in [0.25, 0.3) is 0 Å². The molecule has 1 N–H and O–H groups in total. The number of carboxylic acids is 1. The van der Waals surface area contributed by atoms with E-state index in [0.29, 0.717) is 13.1 Å². The molecule has 17 heavy (non-hydrogen) atoms. The Kier molecular flexibility index (Phi) is 2.97. The van der Waals surface area contributed by atoms with Gasteiger partial charge in [0.25, 0.3) is 0 Å². The lowest BCUT2D eigenvalue weighted by molar-refractivity contribution is 0.0654. The summed E-state index contributed by atoms with van der Waals surface area (Å²) >= 11 is 0. The van der Waals surface area contributed by atoms with Crippen LogP contribution >= 0.6 is 0 Å². The SMILES string of the molecule is CN1CCN(c2oc(C(=O)O)nc2C#N)CC1. The topological polar surface area (TPSA) is 93.6 Å². The molecule has 0 aliphatic carbocycles. The minimum absolute atomic E-state index is 0.0342. The lowest BCUT2D eigenvalue weighted by Crippen LogP contribution is -2.44. The molecule has 0 radical (unpaired) electrons. The number of carbonyl (C=O) groups is 1. The van der Waals surface area contributed by atoms with Crippen LogP contribution in [-0.4, -0.2) is 54.2 Å². The van der Waals surface area contributed by atoms with Gasteiger partial charge in [0, 0.05) is 26.2 Å². The Labute approximate surface area is 97.9 Å². The first-order valence-electron chi connectivity index (χ1n) is 5.19. The Balaban J connectivity index is 2.25. The predicted octanol–water partition coefficient (Wildman–Crippen LogP) is -0.00372. The quantitative estimate of drug-likeness (QED) is 0.772. The molecule has 7 heteroatoms. The average Bonchev–Trinajstić information content (AvgIpc) is 2.74. The zero-order valence-corrected chi connectivity index (χ0v) is 9.38. The van der Waals surface area contributed by atoms with E-state index in [0.717, 1.165) is 13.1 Å². The van der Waals surface area contributed by atoms with Crippen LogP contribution < -0.4 is 4.90 Å². The second kappa shape index (κ2) is 4.43. The van der Waals surface area contributed by atoms with E-state index >= 15 is 0 Å². The number of nitrogens with zero attached hydrogens (tertiary/aromatic N) is 4. The van der Waals surface area contributed by atoms with Crippen molar-refractivity contribution in [3.8, 4) is 6.07 Å². The summed E-state index contributed by atoms with van der Waals surface area (Å²) in [7, 11) is 2.01. The fourth-order valence-corrected chi connectivity index (χ4v) is 1.70. The molecule has 1 aliphatic rings. The largest absolute Gasteiger partial charge is 0.474 e. The molecule has 0 unspecified atom stereocenters. The Hall–Kier alpha value is -2.07. The highest BCUT2D eigenvalue weighted by Gasteiger charge is 2.24. The molecule has 90 valence electrons. The van der Waals surface area contributed by atoms with Gasteiger partial charge in [-0.2, -0.15) is 10.2 Å². The monoisotopic (exact) mass is 236 g/mol. The predicted molar refractivity (Wildman–Crippen MR) is 57.9 cm³/mol. The van der Waals surface area contributed by atoms with Crippen LogP contribution in [0.1, 0.15) is 16.4 Å². The lowest BCUT2D eigenvalue weighted by Gasteiger charge is -2.31. The van der Waals surface area contributed by atoms with E-state index in [4.69, 9.17) is 14.8 Å². The number of hydrogen-bond acceptors (Lipinski definition) is 6. The van der Waals surface area contributed by atoms with Crippen LogP contribution in [-0.2, 0) is 0 Å². The zero-order valence-electron chi connectivity index (χ0n) is 9.38. The van der Waals surface area contributed by atoms with Gasteiger partial charge in [0.2, 0.25) is 11.6 Å². The van der Waals surface area contributed by atoms with Crippen molar-refractivity contribution in [1.29, 1.82) is 5.26 Å². The standard InChI is InChI=1S/C10H12N4O3/c1-13-2-4-14(5-3-13)9-7(6-11)12-8(17-9)10(15)16/h2-5H2,1H3,(H,15,16). The molecule has 2 heterocycles. The Morgan fingerprint density at radius 1 is 1.47 bits per heavy atom. The second-order valence-corrected chi connectivity index (χ2v) is 3.88. The van der Waals surface area contributed by atoms with Gasteiger partial charge in [0.1, 0.15) is 6.07 Å². The highest BCUT2D eigenvalue weighted by molar-refractivity contribution is 5.83. The number of piperazine rings is 1. The number of hydrogen-bond donors (Lipinski definition) is 1. The lowest BCUT2D eigenvalue weighted by atomic mass is 10.3. The van der Waals surface area contributed by atoms with Crippen molar-refractivity contribution in [2.24, 2.45) is 0 Å². The minimum Gasteiger partial charge on any atom is -0.474 e. The highest BCUT2D eigenvalue weighted by atomic mass is 16.4. The van der Waals surface area contributed by atoms with E-state index in [1.807, 2.05) is 18.0 Å². The average molecular weight is 236 g/mol. The normalized spacial score (nSPS) is 16.8. The molecule has 0 aromatic carbocycles. The van der Waals surface area contributed by atoms with Gasteiger partial charge in [-0.05, 0) is 7.05 Å². The molecule has 0 spiro atoms. The third-order valence-corrected chi connectivity index (χ3v) is 2.69. The van der Waals surface area contributed by atoms with E-state index in [1.54, 1.807) is 0 Å². The molecule has 1 aromatic heterocycles. The molecule has 0 atom stereocenters. The Morgan fingerprint density at radius 2 is 2.12 bits per heavy atom. The number of oxazole rings is 1. The fraction of sp³-hybridized carbons (Fsp3) is 0.500. The molecule has 0 saturated carbocycles. The van der Waals surface area contributed by atoms with Crippen LogP contribution in [0.5, 0.6) is 0 Å². The zero-order chi connectivity index (χ0) is 12.4. The smallest absolute Gasteiger partial charge is 0.392 e. The van der Waals surface area contributed by atoms with Gasteiger partial charge in [0.15, 0.2) is 0 Å². The summed E-state index contributed by atoms with van der Waals surface area (Å²) in [5, 5.41) is 17.7. The third kappa shape index (κ3) is 2.21. The van der Waals surface area contributed by atoms with Gasteiger partial charge in [-0.15, -0.1) is 0 Å². The summed E-state index contributed by atoms with van der Waals surface area (Å²) in [6.07, 6.45) is 0. The van der Waals surface area contributed by atoms with Gasteiger partial charge in [0.05, 0.1) is 0 Å². The molecular formula is C10H12N4O3. The molecule has 1 fully saturated rings. The number of anilines is 1. The molecule has 1 saturated heterocycles. The molecule has 7 nitrogen and oxygen atoms in total.